The number of carbonyl (C=O) groups excluding carboxylic acids is 1. The summed E-state index contributed by atoms with van der Waals surface area (Å²) < 4.78 is 11.1. The Balaban J connectivity index is 1.13. The Labute approximate surface area is 136 Å². The summed E-state index contributed by atoms with van der Waals surface area (Å²) >= 11 is 0. The molecule has 1 aromatic rings. The molecule has 2 bridgehead atoms. The Hall–Kier alpha value is -1.59. The highest BCUT2D eigenvalue weighted by Crippen LogP contribution is 2.35. The fourth-order valence-electron chi connectivity index (χ4n) is 3.92. The molecule has 2 aliphatic heterocycles. The zero-order chi connectivity index (χ0) is 15.6. The molecule has 3 atom stereocenters. The van der Waals surface area contributed by atoms with Gasteiger partial charge >= 0.3 is 6.09 Å². The van der Waals surface area contributed by atoms with Gasteiger partial charge in [0.1, 0.15) is 6.61 Å². The molecule has 124 valence electrons. The molecule has 0 radical (unpaired) electrons. The third kappa shape index (κ3) is 3.51. The van der Waals surface area contributed by atoms with Crippen molar-refractivity contribution in [1.29, 1.82) is 0 Å². The number of benzene rings is 1. The number of ether oxygens (including phenoxy) is 2. The molecule has 2 saturated heterocycles. The minimum absolute atomic E-state index is 0.232. The van der Waals surface area contributed by atoms with Crippen LogP contribution in [0.1, 0.15) is 37.7 Å². The molecule has 1 saturated carbocycles. The number of nitrogens with one attached hydrogen (secondary N) is 2. The van der Waals surface area contributed by atoms with Gasteiger partial charge < -0.3 is 20.1 Å². The molecule has 5 heteroatoms. The Kier molecular flexibility index (Phi) is 4.23. The van der Waals surface area contributed by atoms with Gasteiger partial charge in [0.2, 0.25) is 0 Å². The Morgan fingerprint density at radius 2 is 1.96 bits per heavy atom. The van der Waals surface area contributed by atoms with Crippen molar-refractivity contribution in [3.05, 3.63) is 35.9 Å². The lowest BCUT2D eigenvalue weighted by atomic mass is 9.84. The van der Waals surface area contributed by atoms with Gasteiger partial charge in [-0.3, -0.25) is 0 Å². The predicted octanol–water partition coefficient (Wildman–Crippen LogP) is 2.35. The normalized spacial score (nSPS) is 34.9. The van der Waals surface area contributed by atoms with E-state index in [9.17, 15) is 4.79 Å². The number of carbonyl (C=O) groups is 1. The van der Waals surface area contributed by atoms with E-state index in [1.807, 2.05) is 30.3 Å². The highest BCUT2D eigenvalue weighted by Gasteiger charge is 2.43. The average Bonchev–Trinajstić information content (AvgIpc) is 3.14. The van der Waals surface area contributed by atoms with Crippen LogP contribution in [-0.4, -0.2) is 36.4 Å². The summed E-state index contributed by atoms with van der Waals surface area (Å²) in [6, 6.07) is 11.0. The number of amides is 1. The number of rotatable bonds is 5. The van der Waals surface area contributed by atoms with E-state index >= 15 is 0 Å². The maximum Gasteiger partial charge on any atom is 0.407 e. The lowest BCUT2D eigenvalue weighted by Crippen LogP contribution is -2.56. The van der Waals surface area contributed by atoms with E-state index in [1.54, 1.807) is 0 Å². The van der Waals surface area contributed by atoms with E-state index in [4.69, 9.17) is 9.47 Å². The van der Waals surface area contributed by atoms with Crippen LogP contribution >= 0.6 is 0 Å². The van der Waals surface area contributed by atoms with Crippen molar-refractivity contribution in [2.75, 3.05) is 0 Å². The summed E-state index contributed by atoms with van der Waals surface area (Å²) in [5, 5.41) is 6.63. The fourth-order valence-corrected chi connectivity index (χ4v) is 3.92. The fraction of sp³-hybridized carbons (Fsp3) is 0.611. The highest BCUT2D eigenvalue weighted by atomic mass is 16.5. The maximum absolute atomic E-state index is 11.8. The molecular weight excluding hydrogens is 292 g/mol. The van der Waals surface area contributed by atoms with E-state index in [0.29, 0.717) is 30.9 Å². The minimum Gasteiger partial charge on any atom is -0.445 e. The van der Waals surface area contributed by atoms with Crippen LogP contribution in [0.4, 0.5) is 4.79 Å². The van der Waals surface area contributed by atoms with Crippen LogP contribution in [0.3, 0.4) is 0 Å². The lowest BCUT2D eigenvalue weighted by Gasteiger charge is -2.38. The quantitative estimate of drug-likeness (QED) is 0.875. The van der Waals surface area contributed by atoms with Gasteiger partial charge in [-0.1, -0.05) is 30.3 Å². The summed E-state index contributed by atoms with van der Waals surface area (Å²) in [5.74, 6) is 0. The lowest BCUT2D eigenvalue weighted by molar-refractivity contribution is 0.0910. The molecular formula is C18H24N2O3. The summed E-state index contributed by atoms with van der Waals surface area (Å²) in [7, 11) is 0. The summed E-state index contributed by atoms with van der Waals surface area (Å²) in [6.07, 6.45) is 6.12. The van der Waals surface area contributed by atoms with Crippen LogP contribution in [0.5, 0.6) is 0 Å². The average molecular weight is 316 g/mol. The molecule has 2 heterocycles. The van der Waals surface area contributed by atoms with Crippen LogP contribution in [0.15, 0.2) is 30.3 Å². The molecule has 1 amide bonds. The highest BCUT2D eigenvalue weighted by molar-refractivity contribution is 5.67. The van der Waals surface area contributed by atoms with Crippen molar-refractivity contribution >= 4 is 6.09 Å². The largest absolute Gasteiger partial charge is 0.445 e. The molecule has 23 heavy (non-hydrogen) atoms. The first-order valence-electron chi connectivity index (χ1n) is 8.65. The molecule has 0 spiro atoms. The Morgan fingerprint density at radius 3 is 2.65 bits per heavy atom. The number of alkyl carbamates (subject to hydrolysis) is 1. The Bertz CT molecular complexity index is 544. The van der Waals surface area contributed by atoms with Crippen molar-refractivity contribution in [3.8, 4) is 0 Å². The van der Waals surface area contributed by atoms with Crippen molar-refractivity contribution in [3.63, 3.8) is 0 Å². The van der Waals surface area contributed by atoms with Gasteiger partial charge in [-0.2, -0.15) is 0 Å². The van der Waals surface area contributed by atoms with Gasteiger partial charge in [0, 0.05) is 18.1 Å². The molecule has 3 unspecified atom stereocenters. The number of fused-ring (bicyclic) bond motifs is 2. The van der Waals surface area contributed by atoms with Crippen molar-refractivity contribution < 1.29 is 14.3 Å². The summed E-state index contributed by atoms with van der Waals surface area (Å²) in [5.41, 5.74) is 1.01. The Morgan fingerprint density at radius 1 is 1.13 bits per heavy atom. The molecule has 3 aliphatic rings. The van der Waals surface area contributed by atoms with Gasteiger partial charge in [-0.05, 0) is 37.7 Å². The summed E-state index contributed by atoms with van der Waals surface area (Å²) in [6.45, 7) is 0.323. The van der Waals surface area contributed by atoms with Crippen LogP contribution < -0.4 is 10.6 Å². The monoisotopic (exact) mass is 316 g/mol. The molecule has 5 nitrogen and oxygen atoms in total. The smallest absolute Gasteiger partial charge is 0.407 e. The van der Waals surface area contributed by atoms with E-state index in [-0.39, 0.29) is 12.1 Å². The molecule has 0 aromatic heterocycles. The topological polar surface area (TPSA) is 59.6 Å². The van der Waals surface area contributed by atoms with Gasteiger partial charge in [-0.15, -0.1) is 0 Å². The molecule has 1 aliphatic carbocycles. The number of hydrogen-bond donors (Lipinski definition) is 2. The van der Waals surface area contributed by atoms with E-state index < -0.39 is 0 Å². The van der Waals surface area contributed by atoms with Crippen LogP contribution in [-0.2, 0) is 16.1 Å². The molecule has 4 rings (SSSR count). The zero-order valence-corrected chi connectivity index (χ0v) is 13.2. The predicted molar refractivity (Wildman–Crippen MR) is 86.0 cm³/mol. The second-order valence-corrected chi connectivity index (χ2v) is 6.95. The number of hydrogen-bond acceptors (Lipinski definition) is 4. The second kappa shape index (κ2) is 6.49. The summed E-state index contributed by atoms with van der Waals surface area (Å²) in [4.78, 5) is 11.8. The molecule has 3 fully saturated rings. The van der Waals surface area contributed by atoms with Crippen molar-refractivity contribution in [2.45, 2.75) is 69.0 Å². The second-order valence-electron chi connectivity index (χ2n) is 6.95. The standard InChI is InChI=1S/C18H24N2O3/c21-18(22-11-12-4-2-1-3-5-12)20-14-8-13(9-14)19-16-10-15-6-7-17(16)23-15/h1-5,13-17,19H,6-11H2,(H,20,21). The molecule has 2 N–H and O–H groups in total. The van der Waals surface area contributed by atoms with E-state index in [1.165, 1.54) is 12.8 Å². The van der Waals surface area contributed by atoms with E-state index in [2.05, 4.69) is 10.6 Å². The first kappa shape index (κ1) is 15.0. The third-order valence-corrected chi connectivity index (χ3v) is 5.23. The van der Waals surface area contributed by atoms with Crippen LogP contribution in [0.25, 0.3) is 0 Å². The minimum atomic E-state index is -0.319. The zero-order valence-electron chi connectivity index (χ0n) is 13.2. The van der Waals surface area contributed by atoms with E-state index in [0.717, 1.165) is 24.8 Å². The first-order chi connectivity index (χ1) is 11.3. The van der Waals surface area contributed by atoms with Gasteiger partial charge in [-0.25, -0.2) is 4.79 Å². The first-order valence-corrected chi connectivity index (χ1v) is 8.65. The maximum atomic E-state index is 11.8. The SMILES string of the molecule is O=C(NC1CC(NC2CC3CCC2O3)C1)OCc1ccccc1. The van der Waals surface area contributed by atoms with Crippen LogP contribution in [0.2, 0.25) is 0 Å². The van der Waals surface area contributed by atoms with Crippen molar-refractivity contribution in [2.24, 2.45) is 0 Å². The van der Waals surface area contributed by atoms with Gasteiger partial charge in [0.15, 0.2) is 0 Å². The molecule has 1 aromatic carbocycles. The van der Waals surface area contributed by atoms with Gasteiger partial charge in [0.05, 0.1) is 12.2 Å². The van der Waals surface area contributed by atoms with Crippen LogP contribution in [0, 0.1) is 0 Å². The van der Waals surface area contributed by atoms with Crippen molar-refractivity contribution in [1.82, 2.24) is 10.6 Å². The third-order valence-electron chi connectivity index (χ3n) is 5.23. The van der Waals surface area contributed by atoms with Gasteiger partial charge in [0.25, 0.3) is 0 Å².